The summed E-state index contributed by atoms with van der Waals surface area (Å²) in [6, 6.07) is 8.25. The summed E-state index contributed by atoms with van der Waals surface area (Å²) in [5.74, 6) is 3.10. The van der Waals surface area contributed by atoms with E-state index in [1.165, 1.54) is 5.56 Å². The highest BCUT2D eigenvalue weighted by Crippen LogP contribution is 2.14. The first-order valence-electron chi connectivity index (χ1n) is 7.44. The van der Waals surface area contributed by atoms with Gasteiger partial charge in [-0.1, -0.05) is 12.1 Å². The third-order valence-corrected chi connectivity index (χ3v) is 4.47. The standard InChI is InChI=1S/C16H24N2O2S/c1-12-4-3-5-15(8-12)20-13(2)10-18-16(19)9-14-11-21-7-6-17-14/h3-5,8,13-14,17H,6-7,9-11H2,1-2H3,(H,18,19). The Morgan fingerprint density at radius 1 is 1.57 bits per heavy atom. The van der Waals surface area contributed by atoms with Crippen molar-refractivity contribution in [3.63, 3.8) is 0 Å². The SMILES string of the molecule is Cc1cccc(OC(C)CNC(=O)CC2CSCCN2)c1. The number of nitrogens with one attached hydrogen (secondary N) is 2. The fraction of sp³-hybridized carbons (Fsp3) is 0.562. The van der Waals surface area contributed by atoms with Crippen LogP contribution in [0.5, 0.6) is 5.75 Å². The van der Waals surface area contributed by atoms with Crippen LogP contribution in [0.2, 0.25) is 0 Å². The van der Waals surface area contributed by atoms with Gasteiger partial charge in [0.15, 0.2) is 0 Å². The number of hydrogen-bond donors (Lipinski definition) is 2. The molecule has 1 aromatic rings. The van der Waals surface area contributed by atoms with Gasteiger partial charge in [-0.25, -0.2) is 0 Å². The molecule has 1 heterocycles. The van der Waals surface area contributed by atoms with Crippen LogP contribution in [0, 0.1) is 6.92 Å². The quantitative estimate of drug-likeness (QED) is 0.844. The normalized spacial score (nSPS) is 19.8. The van der Waals surface area contributed by atoms with Crippen LogP contribution >= 0.6 is 11.8 Å². The topological polar surface area (TPSA) is 50.4 Å². The summed E-state index contributed by atoms with van der Waals surface area (Å²) in [7, 11) is 0. The van der Waals surface area contributed by atoms with E-state index in [-0.39, 0.29) is 12.0 Å². The molecule has 0 bridgehead atoms. The number of hydrogen-bond acceptors (Lipinski definition) is 4. The van der Waals surface area contributed by atoms with Crippen molar-refractivity contribution in [3.05, 3.63) is 29.8 Å². The third-order valence-electron chi connectivity index (χ3n) is 3.34. The molecule has 0 aliphatic carbocycles. The summed E-state index contributed by atoms with van der Waals surface area (Å²) < 4.78 is 5.80. The Balaban J connectivity index is 1.68. The molecule has 0 saturated carbocycles. The number of rotatable bonds is 6. The zero-order valence-electron chi connectivity index (χ0n) is 12.7. The van der Waals surface area contributed by atoms with Crippen LogP contribution in [0.15, 0.2) is 24.3 Å². The van der Waals surface area contributed by atoms with Gasteiger partial charge in [-0.3, -0.25) is 4.79 Å². The van der Waals surface area contributed by atoms with Crippen LogP contribution in [0.3, 0.4) is 0 Å². The number of carbonyl (C=O) groups excluding carboxylic acids is 1. The summed E-state index contributed by atoms with van der Waals surface area (Å²) in [4.78, 5) is 11.9. The molecular formula is C16H24N2O2S. The minimum absolute atomic E-state index is 0.0376. The zero-order valence-corrected chi connectivity index (χ0v) is 13.5. The molecule has 0 spiro atoms. The molecular weight excluding hydrogens is 284 g/mol. The second-order valence-corrected chi connectivity index (χ2v) is 6.63. The van der Waals surface area contributed by atoms with E-state index in [0.717, 1.165) is 23.8 Å². The molecule has 2 atom stereocenters. The molecule has 2 rings (SSSR count). The molecule has 1 saturated heterocycles. The molecule has 1 aliphatic heterocycles. The molecule has 1 aromatic carbocycles. The lowest BCUT2D eigenvalue weighted by Gasteiger charge is -2.23. The maximum absolute atomic E-state index is 11.9. The van der Waals surface area contributed by atoms with Crippen molar-refractivity contribution in [2.45, 2.75) is 32.4 Å². The second-order valence-electron chi connectivity index (χ2n) is 5.48. The van der Waals surface area contributed by atoms with Crippen molar-refractivity contribution in [3.8, 4) is 5.75 Å². The molecule has 116 valence electrons. The van der Waals surface area contributed by atoms with Gasteiger partial charge in [-0.2, -0.15) is 11.8 Å². The average Bonchev–Trinajstić information content (AvgIpc) is 2.46. The number of benzene rings is 1. The Hall–Kier alpha value is -1.20. The van der Waals surface area contributed by atoms with Crippen LogP contribution in [0.25, 0.3) is 0 Å². The Kier molecular flexibility index (Phi) is 6.39. The molecule has 0 aromatic heterocycles. The second kappa shape index (κ2) is 8.29. The Morgan fingerprint density at radius 3 is 3.14 bits per heavy atom. The number of carbonyl (C=O) groups is 1. The smallest absolute Gasteiger partial charge is 0.221 e. The molecule has 2 unspecified atom stereocenters. The largest absolute Gasteiger partial charge is 0.489 e. The lowest BCUT2D eigenvalue weighted by atomic mass is 10.2. The van der Waals surface area contributed by atoms with Gasteiger partial charge < -0.3 is 15.4 Å². The predicted octanol–water partition coefficient (Wildman–Crippen LogP) is 1.97. The molecule has 1 aliphatic rings. The average molecular weight is 308 g/mol. The van der Waals surface area contributed by atoms with Crippen molar-refractivity contribution >= 4 is 17.7 Å². The fourth-order valence-corrected chi connectivity index (χ4v) is 3.22. The first-order chi connectivity index (χ1) is 10.1. The molecule has 0 radical (unpaired) electrons. The van der Waals surface area contributed by atoms with E-state index < -0.39 is 0 Å². The molecule has 21 heavy (non-hydrogen) atoms. The van der Waals surface area contributed by atoms with Gasteiger partial charge in [0.1, 0.15) is 11.9 Å². The van der Waals surface area contributed by atoms with E-state index >= 15 is 0 Å². The maximum atomic E-state index is 11.9. The van der Waals surface area contributed by atoms with E-state index in [9.17, 15) is 4.79 Å². The first-order valence-corrected chi connectivity index (χ1v) is 8.60. The zero-order chi connectivity index (χ0) is 15.1. The highest BCUT2D eigenvalue weighted by molar-refractivity contribution is 7.99. The van der Waals surface area contributed by atoms with Gasteiger partial charge in [0.2, 0.25) is 5.91 Å². The van der Waals surface area contributed by atoms with E-state index in [0.29, 0.717) is 19.0 Å². The van der Waals surface area contributed by atoms with Crippen molar-refractivity contribution in [2.24, 2.45) is 0 Å². The minimum Gasteiger partial charge on any atom is -0.489 e. The van der Waals surface area contributed by atoms with E-state index in [2.05, 4.69) is 10.6 Å². The van der Waals surface area contributed by atoms with Crippen LogP contribution < -0.4 is 15.4 Å². The van der Waals surface area contributed by atoms with Crippen molar-refractivity contribution < 1.29 is 9.53 Å². The highest BCUT2D eigenvalue weighted by Gasteiger charge is 2.17. The minimum atomic E-state index is -0.0376. The Morgan fingerprint density at radius 2 is 2.43 bits per heavy atom. The van der Waals surface area contributed by atoms with Gasteiger partial charge in [0, 0.05) is 30.5 Å². The molecule has 2 N–H and O–H groups in total. The van der Waals surface area contributed by atoms with Crippen molar-refractivity contribution in [2.75, 3.05) is 24.6 Å². The van der Waals surface area contributed by atoms with Gasteiger partial charge in [0.25, 0.3) is 0 Å². The molecule has 4 nitrogen and oxygen atoms in total. The summed E-state index contributed by atoms with van der Waals surface area (Å²) in [5, 5.41) is 6.32. The van der Waals surface area contributed by atoms with Gasteiger partial charge in [0.05, 0.1) is 6.54 Å². The van der Waals surface area contributed by atoms with Crippen LogP contribution in [-0.2, 0) is 4.79 Å². The summed E-state index contributed by atoms with van der Waals surface area (Å²) >= 11 is 1.91. The van der Waals surface area contributed by atoms with E-state index in [4.69, 9.17) is 4.74 Å². The number of aryl methyl sites for hydroxylation is 1. The summed E-state index contributed by atoms with van der Waals surface area (Å²) in [6.07, 6.45) is 0.508. The third kappa shape index (κ3) is 5.98. The summed E-state index contributed by atoms with van der Waals surface area (Å²) in [6.45, 7) is 5.54. The van der Waals surface area contributed by atoms with Crippen molar-refractivity contribution in [1.29, 1.82) is 0 Å². The number of ether oxygens (including phenoxy) is 1. The number of amides is 1. The lowest BCUT2D eigenvalue weighted by Crippen LogP contribution is -2.42. The Labute approximate surface area is 131 Å². The van der Waals surface area contributed by atoms with Crippen LogP contribution in [-0.4, -0.2) is 42.6 Å². The molecule has 1 fully saturated rings. The van der Waals surface area contributed by atoms with Crippen LogP contribution in [0.4, 0.5) is 0 Å². The monoisotopic (exact) mass is 308 g/mol. The number of thioether (sulfide) groups is 1. The fourth-order valence-electron chi connectivity index (χ4n) is 2.27. The van der Waals surface area contributed by atoms with Gasteiger partial charge in [-0.05, 0) is 31.5 Å². The van der Waals surface area contributed by atoms with Crippen molar-refractivity contribution in [1.82, 2.24) is 10.6 Å². The van der Waals surface area contributed by atoms with Gasteiger partial charge in [-0.15, -0.1) is 0 Å². The first kappa shape index (κ1) is 16.2. The lowest BCUT2D eigenvalue weighted by molar-refractivity contribution is -0.121. The predicted molar refractivity (Wildman–Crippen MR) is 88.0 cm³/mol. The van der Waals surface area contributed by atoms with Gasteiger partial charge >= 0.3 is 0 Å². The van der Waals surface area contributed by atoms with E-state index in [1.807, 2.05) is 49.9 Å². The van der Waals surface area contributed by atoms with Crippen LogP contribution in [0.1, 0.15) is 18.9 Å². The maximum Gasteiger partial charge on any atom is 0.221 e. The molecule has 5 heteroatoms. The van der Waals surface area contributed by atoms with E-state index in [1.54, 1.807) is 0 Å². The summed E-state index contributed by atoms with van der Waals surface area (Å²) in [5.41, 5.74) is 1.17. The Bertz CT molecular complexity index is 461. The highest BCUT2D eigenvalue weighted by atomic mass is 32.2. The molecule has 1 amide bonds.